The summed E-state index contributed by atoms with van der Waals surface area (Å²) in [5.41, 5.74) is 1.19. The molecule has 0 saturated carbocycles. The van der Waals surface area contributed by atoms with Crippen LogP contribution in [0.25, 0.3) is 0 Å². The number of rotatable bonds is 3. The molecule has 0 amide bonds. The van der Waals surface area contributed by atoms with E-state index in [-0.39, 0.29) is 8.07 Å². The maximum atomic E-state index is 4.35. The molecule has 0 spiro atoms. The van der Waals surface area contributed by atoms with Crippen molar-refractivity contribution in [1.29, 1.82) is 0 Å². The SMILES string of the molecule is CP(N[Si](C)(C)C)c1ccccn1. The number of nitrogens with one attached hydrogen (secondary N) is 1. The van der Waals surface area contributed by atoms with E-state index in [2.05, 4.69) is 42.1 Å². The summed E-state index contributed by atoms with van der Waals surface area (Å²) in [4.78, 5) is 4.35. The van der Waals surface area contributed by atoms with Crippen molar-refractivity contribution in [3.05, 3.63) is 24.4 Å². The molecule has 1 aromatic rings. The maximum Gasteiger partial charge on any atom is 0.120 e. The van der Waals surface area contributed by atoms with Crippen molar-refractivity contribution >= 4 is 21.7 Å². The molecular weight excluding hydrogens is 195 g/mol. The topological polar surface area (TPSA) is 24.9 Å². The molecule has 0 radical (unpaired) electrons. The number of aromatic nitrogens is 1. The van der Waals surface area contributed by atoms with E-state index in [1.165, 1.54) is 5.44 Å². The molecule has 4 heteroatoms. The van der Waals surface area contributed by atoms with Gasteiger partial charge in [-0.1, -0.05) is 25.7 Å². The highest BCUT2D eigenvalue weighted by Gasteiger charge is 2.17. The molecule has 0 aliphatic heterocycles. The van der Waals surface area contributed by atoms with Crippen molar-refractivity contribution in [2.24, 2.45) is 0 Å². The predicted octanol–water partition coefficient (Wildman–Crippen LogP) is 2.16. The van der Waals surface area contributed by atoms with Crippen LogP contribution in [0.4, 0.5) is 0 Å². The van der Waals surface area contributed by atoms with Crippen LogP contribution in [-0.2, 0) is 0 Å². The van der Waals surface area contributed by atoms with Gasteiger partial charge in [0.1, 0.15) is 8.24 Å². The van der Waals surface area contributed by atoms with Gasteiger partial charge < -0.3 is 4.75 Å². The van der Waals surface area contributed by atoms with E-state index < -0.39 is 8.24 Å². The Balaban J connectivity index is 2.64. The van der Waals surface area contributed by atoms with Gasteiger partial charge in [-0.3, -0.25) is 4.98 Å². The van der Waals surface area contributed by atoms with Gasteiger partial charge in [0, 0.05) is 14.3 Å². The first-order valence-corrected chi connectivity index (χ1v) is 9.70. The molecule has 2 nitrogen and oxygen atoms in total. The summed E-state index contributed by atoms with van der Waals surface area (Å²) in [5.74, 6) is 0. The highest BCUT2D eigenvalue weighted by molar-refractivity contribution is 7.64. The Kier molecular flexibility index (Phi) is 3.60. The van der Waals surface area contributed by atoms with Gasteiger partial charge in [0.25, 0.3) is 0 Å². The molecule has 1 N–H and O–H groups in total. The summed E-state index contributed by atoms with van der Waals surface area (Å²) >= 11 is 0. The lowest BCUT2D eigenvalue weighted by Crippen LogP contribution is -2.39. The van der Waals surface area contributed by atoms with Gasteiger partial charge >= 0.3 is 0 Å². The first-order chi connectivity index (χ1) is 5.99. The van der Waals surface area contributed by atoms with Crippen molar-refractivity contribution in [3.8, 4) is 0 Å². The molecule has 0 saturated heterocycles. The van der Waals surface area contributed by atoms with E-state index >= 15 is 0 Å². The van der Waals surface area contributed by atoms with Crippen molar-refractivity contribution < 1.29 is 0 Å². The van der Waals surface area contributed by atoms with Crippen LogP contribution in [0, 0.1) is 0 Å². The van der Waals surface area contributed by atoms with Crippen LogP contribution in [0.2, 0.25) is 19.6 Å². The lowest BCUT2D eigenvalue weighted by atomic mass is 10.5. The lowest BCUT2D eigenvalue weighted by Gasteiger charge is -2.23. The largest absolute Gasteiger partial charge is 0.312 e. The average molecular weight is 212 g/mol. The fourth-order valence-corrected chi connectivity index (χ4v) is 6.15. The lowest BCUT2D eigenvalue weighted by molar-refractivity contribution is 1.36. The van der Waals surface area contributed by atoms with Gasteiger partial charge in [0.05, 0.1) is 5.44 Å². The summed E-state index contributed by atoms with van der Waals surface area (Å²) in [5, 5.41) is 0. The van der Waals surface area contributed by atoms with Gasteiger partial charge in [-0.05, 0) is 18.8 Å². The Hall–Kier alpha value is -0.243. The van der Waals surface area contributed by atoms with Crippen molar-refractivity contribution in [3.63, 3.8) is 0 Å². The zero-order valence-electron chi connectivity index (χ0n) is 8.70. The number of hydrogen-bond acceptors (Lipinski definition) is 2. The quantitative estimate of drug-likeness (QED) is 0.613. The van der Waals surface area contributed by atoms with Crippen molar-refractivity contribution in [2.45, 2.75) is 19.6 Å². The third-order valence-electron chi connectivity index (χ3n) is 1.50. The number of hydrogen-bond donors (Lipinski definition) is 1. The second-order valence-corrected chi connectivity index (χ2v) is 11.1. The molecule has 1 rings (SSSR count). The summed E-state index contributed by atoms with van der Waals surface area (Å²) in [6, 6.07) is 6.10. The Labute approximate surface area is 82.7 Å². The molecule has 0 aliphatic rings. The zero-order valence-corrected chi connectivity index (χ0v) is 10.6. The highest BCUT2D eigenvalue weighted by atomic mass is 31.1. The third-order valence-corrected chi connectivity index (χ3v) is 6.47. The minimum absolute atomic E-state index is 0.263. The summed E-state index contributed by atoms with van der Waals surface area (Å²) in [6.07, 6.45) is 1.86. The third kappa shape index (κ3) is 3.99. The fraction of sp³-hybridized carbons (Fsp3) is 0.444. The Morgan fingerprint density at radius 3 is 2.46 bits per heavy atom. The van der Waals surface area contributed by atoms with Crippen LogP contribution in [0.1, 0.15) is 0 Å². The molecular formula is C9H17N2PSi. The van der Waals surface area contributed by atoms with Crippen LogP contribution in [0.5, 0.6) is 0 Å². The average Bonchev–Trinajstić information content (AvgIpc) is 2.03. The van der Waals surface area contributed by atoms with Gasteiger partial charge in [0.2, 0.25) is 0 Å². The second kappa shape index (κ2) is 4.31. The van der Waals surface area contributed by atoms with E-state index in [9.17, 15) is 0 Å². The van der Waals surface area contributed by atoms with Gasteiger partial charge in [-0.15, -0.1) is 0 Å². The smallest absolute Gasteiger partial charge is 0.120 e. The summed E-state index contributed by atoms with van der Waals surface area (Å²) < 4.78 is 3.68. The zero-order chi connectivity index (χ0) is 9.90. The van der Waals surface area contributed by atoms with Crippen molar-refractivity contribution in [1.82, 2.24) is 9.74 Å². The van der Waals surface area contributed by atoms with E-state index in [0.717, 1.165) is 0 Å². The minimum Gasteiger partial charge on any atom is -0.312 e. The first kappa shape index (κ1) is 10.8. The second-order valence-electron chi connectivity index (χ2n) is 4.11. The molecule has 0 bridgehead atoms. The molecule has 0 aliphatic carbocycles. The van der Waals surface area contributed by atoms with E-state index in [0.29, 0.717) is 0 Å². The molecule has 1 heterocycles. The van der Waals surface area contributed by atoms with Gasteiger partial charge in [-0.2, -0.15) is 0 Å². The standard InChI is InChI=1S/C9H17N2PSi/c1-12(11-13(2,3)4)9-7-5-6-8-10-9/h5-8,11H,1-4H3. The van der Waals surface area contributed by atoms with Crippen LogP contribution >= 0.6 is 8.07 Å². The molecule has 0 aromatic carbocycles. The molecule has 1 unspecified atom stereocenters. The molecule has 13 heavy (non-hydrogen) atoms. The number of nitrogens with zero attached hydrogens (tertiary/aromatic N) is 1. The molecule has 72 valence electrons. The minimum atomic E-state index is -1.16. The van der Waals surface area contributed by atoms with Crippen LogP contribution in [0.3, 0.4) is 0 Å². The van der Waals surface area contributed by atoms with Gasteiger partial charge in [0.15, 0.2) is 0 Å². The summed E-state index contributed by atoms with van der Waals surface area (Å²) in [7, 11) is -1.43. The van der Waals surface area contributed by atoms with E-state index in [1.54, 1.807) is 0 Å². The normalized spacial score (nSPS) is 14.2. The van der Waals surface area contributed by atoms with Crippen LogP contribution in [-0.4, -0.2) is 19.9 Å². The van der Waals surface area contributed by atoms with E-state index in [4.69, 9.17) is 0 Å². The predicted molar refractivity (Wildman–Crippen MR) is 63.2 cm³/mol. The Bertz CT molecular complexity index is 258. The maximum absolute atomic E-state index is 4.35. The fourth-order valence-electron chi connectivity index (χ4n) is 1.11. The van der Waals surface area contributed by atoms with Crippen LogP contribution in [0.15, 0.2) is 24.4 Å². The molecule has 1 atom stereocenters. The van der Waals surface area contributed by atoms with Crippen molar-refractivity contribution in [2.75, 3.05) is 6.66 Å². The summed E-state index contributed by atoms with van der Waals surface area (Å²) in [6.45, 7) is 9.17. The molecule has 0 fully saturated rings. The number of pyridine rings is 1. The Morgan fingerprint density at radius 1 is 1.31 bits per heavy atom. The first-order valence-electron chi connectivity index (χ1n) is 4.41. The Morgan fingerprint density at radius 2 is 2.00 bits per heavy atom. The monoisotopic (exact) mass is 212 g/mol. The molecule has 1 aromatic heterocycles. The van der Waals surface area contributed by atoms with E-state index in [1.807, 2.05) is 18.3 Å². The van der Waals surface area contributed by atoms with Crippen LogP contribution < -0.4 is 10.2 Å². The highest BCUT2D eigenvalue weighted by Crippen LogP contribution is 2.25. The van der Waals surface area contributed by atoms with Gasteiger partial charge in [-0.25, -0.2) is 0 Å².